The average molecular weight is 257 g/mol. The van der Waals surface area contributed by atoms with Gasteiger partial charge in [-0.2, -0.15) is 0 Å². The molecule has 2 aromatic carbocycles. The number of nitrogens with one attached hydrogen (secondary N) is 1. The van der Waals surface area contributed by atoms with Crippen LogP contribution >= 0.6 is 0 Å². The second-order valence-electron chi connectivity index (χ2n) is 4.21. The number of carbonyl (C=O) groups is 1. The Kier molecular flexibility index (Phi) is 3.71. The summed E-state index contributed by atoms with van der Waals surface area (Å²) < 4.78 is 5.08. The van der Waals surface area contributed by atoms with Crippen molar-refractivity contribution in [2.24, 2.45) is 0 Å². The van der Waals surface area contributed by atoms with Crippen LogP contribution in [0.4, 0.5) is 11.4 Å². The van der Waals surface area contributed by atoms with Gasteiger partial charge < -0.3 is 15.2 Å². The highest BCUT2D eigenvalue weighted by Gasteiger charge is 2.10. The predicted octanol–water partition coefficient (Wildman–Crippen LogP) is 3.45. The molecule has 19 heavy (non-hydrogen) atoms. The van der Waals surface area contributed by atoms with E-state index in [1.54, 1.807) is 19.2 Å². The van der Waals surface area contributed by atoms with Crippen molar-refractivity contribution in [1.82, 2.24) is 0 Å². The molecule has 0 aliphatic carbocycles. The maximum Gasteiger partial charge on any atom is 0.337 e. The summed E-state index contributed by atoms with van der Waals surface area (Å²) in [5, 5.41) is 12.3. The van der Waals surface area contributed by atoms with Crippen molar-refractivity contribution in [3.05, 3.63) is 53.6 Å². The van der Waals surface area contributed by atoms with Crippen LogP contribution in [0.1, 0.15) is 15.9 Å². The summed E-state index contributed by atoms with van der Waals surface area (Å²) in [6.45, 7) is 1.86. The zero-order chi connectivity index (χ0) is 13.8. The smallest absolute Gasteiger partial charge is 0.337 e. The standard InChI is InChI=1S/C15H15NO3/c1-10-3-8-14(13(9-10)15(17)18)16-11-4-6-12(19-2)7-5-11/h3-9,16H,1-2H3,(H,17,18). The van der Waals surface area contributed by atoms with Crippen LogP contribution in [-0.2, 0) is 0 Å². The van der Waals surface area contributed by atoms with Gasteiger partial charge in [0, 0.05) is 5.69 Å². The first-order valence-electron chi connectivity index (χ1n) is 5.85. The van der Waals surface area contributed by atoms with E-state index in [4.69, 9.17) is 4.74 Å². The van der Waals surface area contributed by atoms with E-state index < -0.39 is 5.97 Å². The SMILES string of the molecule is COc1ccc(Nc2ccc(C)cc2C(=O)O)cc1. The van der Waals surface area contributed by atoms with Gasteiger partial charge in [0.05, 0.1) is 18.4 Å². The van der Waals surface area contributed by atoms with Crippen LogP contribution in [0.15, 0.2) is 42.5 Å². The Balaban J connectivity index is 2.29. The number of methoxy groups -OCH3 is 1. The molecule has 4 heteroatoms. The largest absolute Gasteiger partial charge is 0.497 e. The van der Waals surface area contributed by atoms with Crippen LogP contribution in [0.2, 0.25) is 0 Å². The number of aryl methyl sites for hydroxylation is 1. The van der Waals surface area contributed by atoms with Crippen LogP contribution in [0.3, 0.4) is 0 Å². The summed E-state index contributed by atoms with van der Waals surface area (Å²) in [4.78, 5) is 11.2. The fourth-order valence-electron chi connectivity index (χ4n) is 1.77. The van der Waals surface area contributed by atoms with Crippen LogP contribution < -0.4 is 10.1 Å². The first kappa shape index (κ1) is 13.0. The molecule has 0 saturated carbocycles. The molecule has 0 aromatic heterocycles. The van der Waals surface area contributed by atoms with Gasteiger partial charge in [-0.15, -0.1) is 0 Å². The summed E-state index contributed by atoms with van der Waals surface area (Å²) in [7, 11) is 1.60. The molecule has 0 fully saturated rings. The first-order valence-corrected chi connectivity index (χ1v) is 5.85. The Morgan fingerprint density at radius 3 is 2.42 bits per heavy atom. The Morgan fingerprint density at radius 2 is 1.84 bits per heavy atom. The predicted molar refractivity (Wildman–Crippen MR) is 74.4 cm³/mol. The van der Waals surface area contributed by atoms with Gasteiger partial charge in [-0.1, -0.05) is 11.6 Å². The fourth-order valence-corrected chi connectivity index (χ4v) is 1.77. The highest BCUT2D eigenvalue weighted by atomic mass is 16.5. The lowest BCUT2D eigenvalue weighted by Crippen LogP contribution is -2.03. The number of carboxylic acid groups (broad SMARTS) is 1. The third-order valence-electron chi connectivity index (χ3n) is 2.77. The first-order chi connectivity index (χ1) is 9.10. The Hall–Kier alpha value is -2.49. The molecule has 0 heterocycles. The number of carboxylic acids is 1. The van der Waals surface area contributed by atoms with Crippen molar-refractivity contribution < 1.29 is 14.6 Å². The van der Waals surface area contributed by atoms with Crippen LogP contribution in [-0.4, -0.2) is 18.2 Å². The summed E-state index contributed by atoms with van der Waals surface area (Å²) >= 11 is 0. The van der Waals surface area contributed by atoms with Gasteiger partial charge in [0.25, 0.3) is 0 Å². The van der Waals surface area contributed by atoms with Crippen molar-refractivity contribution in [3.8, 4) is 5.75 Å². The molecule has 0 unspecified atom stereocenters. The van der Waals surface area contributed by atoms with Crippen molar-refractivity contribution >= 4 is 17.3 Å². The molecule has 0 amide bonds. The third-order valence-corrected chi connectivity index (χ3v) is 2.77. The zero-order valence-electron chi connectivity index (χ0n) is 10.8. The minimum absolute atomic E-state index is 0.260. The zero-order valence-corrected chi connectivity index (χ0v) is 10.8. The maximum absolute atomic E-state index is 11.2. The van der Waals surface area contributed by atoms with E-state index in [0.29, 0.717) is 5.69 Å². The Morgan fingerprint density at radius 1 is 1.16 bits per heavy atom. The molecule has 2 aromatic rings. The molecule has 4 nitrogen and oxygen atoms in total. The Labute approximate surface area is 111 Å². The molecule has 0 saturated heterocycles. The number of ether oxygens (including phenoxy) is 1. The van der Waals surface area contributed by atoms with Gasteiger partial charge in [-0.25, -0.2) is 4.79 Å². The summed E-state index contributed by atoms with van der Waals surface area (Å²) in [6.07, 6.45) is 0. The number of aromatic carboxylic acids is 1. The van der Waals surface area contributed by atoms with Crippen molar-refractivity contribution in [2.75, 3.05) is 12.4 Å². The van der Waals surface area contributed by atoms with E-state index in [-0.39, 0.29) is 5.56 Å². The second kappa shape index (κ2) is 5.44. The monoisotopic (exact) mass is 257 g/mol. The lowest BCUT2D eigenvalue weighted by atomic mass is 10.1. The summed E-state index contributed by atoms with van der Waals surface area (Å²) in [5.74, 6) is -0.187. The molecule has 0 atom stereocenters. The van der Waals surface area contributed by atoms with E-state index in [1.807, 2.05) is 37.3 Å². The quantitative estimate of drug-likeness (QED) is 0.880. The van der Waals surface area contributed by atoms with Gasteiger partial charge in [-0.05, 0) is 43.3 Å². The third kappa shape index (κ3) is 3.04. The molecule has 0 spiro atoms. The molecule has 0 aliphatic rings. The molecule has 0 aliphatic heterocycles. The molecular weight excluding hydrogens is 242 g/mol. The number of anilines is 2. The fraction of sp³-hybridized carbons (Fsp3) is 0.133. The summed E-state index contributed by atoms with van der Waals surface area (Å²) in [6, 6.07) is 12.6. The van der Waals surface area contributed by atoms with E-state index in [0.717, 1.165) is 17.0 Å². The number of hydrogen-bond donors (Lipinski definition) is 2. The average Bonchev–Trinajstić information content (AvgIpc) is 2.41. The van der Waals surface area contributed by atoms with Crippen LogP contribution in [0.25, 0.3) is 0 Å². The number of hydrogen-bond acceptors (Lipinski definition) is 3. The van der Waals surface area contributed by atoms with Gasteiger partial charge in [0.2, 0.25) is 0 Å². The molecule has 2 rings (SSSR count). The molecular formula is C15H15NO3. The molecule has 98 valence electrons. The normalized spacial score (nSPS) is 10.0. The highest BCUT2D eigenvalue weighted by Crippen LogP contribution is 2.23. The number of benzene rings is 2. The summed E-state index contributed by atoms with van der Waals surface area (Å²) in [5.41, 5.74) is 2.56. The Bertz CT molecular complexity index is 591. The lowest BCUT2D eigenvalue weighted by Gasteiger charge is -2.11. The van der Waals surface area contributed by atoms with Crippen molar-refractivity contribution in [3.63, 3.8) is 0 Å². The maximum atomic E-state index is 11.2. The van der Waals surface area contributed by atoms with E-state index in [1.165, 1.54) is 0 Å². The molecule has 0 radical (unpaired) electrons. The van der Waals surface area contributed by atoms with E-state index in [9.17, 15) is 9.90 Å². The van der Waals surface area contributed by atoms with Crippen molar-refractivity contribution in [1.29, 1.82) is 0 Å². The van der Waals surface area contributed by atoms with Gasteiger partial charge in [-0.3, -0.25) is 0 Å². The van der Waals surface area contributed by atoms with Gasteiger partial charge >= 0.3 is 5.97 Å². The lowest BCUT2D eigenvalue weighted by molar-refractivity contribution is 0.0698. The molecule has 0 bridgehead atoms. The number of rotatable bonds is 4. The minimum Gasteiger partial charge on any atom is -0.497 e. The highest BCUT2D eigenvalue weighted by molar-refractivity contribution is 5.95. The van der Waals surface area contributed by atoms with E-state index in [2.05, 4.69) is 5.32 Å². The van der Waals surface area contributed by atoms with Gasteiger partial charge in [0.15, 0.2) is 0 Å². The minimum atomic E-state index is -0.945. The second-order valence-corrected chi connectivity index (χ2v) is 4.21. The van der Waals surface area contributed by atoms with E-state index >= 15 is 0 Å². The van der Waals surface area contributed by atoms with Crippen LogP contribution in [0.5, 0.6) is 5.75 Å². The van der Waals surface area contributed by atoms with Crippen LogP contribution in [0, 0.1) is 6.92 Å². The molecule has 2 N–H and O–H groups in total. The topological polar surface area (TPSA) is 58.6 Å². The van der Waals surface area contributed by atoms with Crippen molar-refractivity contribution in [2.45, 2.75) is 6.92 Å². The van der Waals surface area contributed by atoms with Gasteiger partial charge in [0.1, 0.15) is 5.75 Å².